The number of aromatic nitrogens is 2. The second-order valence-electron chi connectivity index (χ2n) is 6.86. The fourth-order valence-corrected chi connectivity index (χ4v) is 3.71. The first-order chi connectivity index (χ1) is 12.3. The molecule has 140 valence electrons. The number of carbonyl (C=O) groups is 1. The second kappa shape index (κ2) is 8.10. The quantitative estimate of drug-likeness (QED) is 0.870. The third kappa shape index (κ3) is 3.57. The Morgan fingerprint density at radius 1 is 1.23 bits per heavy atom. The fraction of sp³-hybridized carbons (Fsp3) is 0.474. The lowest BCUT2D eigenvalue weighted by Gasteiger charge is -2.16. The molecule has 1 amide bonds. The normalized spacial score (nSPS) is 21.3. The van der Waals surface area contributed by atoms with Crippen LogP contribution in [-0.2, 0) is 0 Å². The SMILES string of the molecule is CCCOc1cn(-c2ccccc2)nc1C(=O)N1C[C@H]2CNC[C@H]2C1.Cl. The molecule has 2 fully saturated rings. The zero-order valence-electron chi connectivity index (χ0n) is 14.9. The maximum Gasteiger partial charge on any atom is 0.278 e. The second-order valence-corrected chi connectivity index (χ2v) is 6.86. The Kier molecular flexibility index (Phi) is 5.84. The summed E-state index contributed by atoms with van der Waals surface area (Å²) in [6, 6.07) is 9.82. The van der Waals surface area contributed by atoms with Crippen LogP contribution in [0.3, 0.4) is 0 Å². The summed E-state index contributed by atoms with van der Waals surface area (Å²) in [6.07, 6.45) is 2.71. The summed E-state index contributed by atoms with van der Waals surface area (Å²) < 4.78 is 7.55. The van der Waals surface area contributed by atoms with Gasteiger partial charge >= 0.3 is 0 Å². The van der Waals surface area contributed by atoms with Crippen molar-refractivity contribution < 1.29 is 9.53 Å². The molecule has 1 aromatic carbocycles. The number of benzene rings is 1. The van der Waals surface area contributed by atoms with Crippen LogP contribution in [0.1, 0.15) is 23.8 Å². The van der Waals surface area contributed by atoms with E-state index in [4.69, 9.17) is 4.74 Å². The van der Waals surface area contributed by atoms with Crippen LogP contribution in [0.25, 0.3) is 5.69 Å². The van der Waals surface area contributed by atoms with E-state index in [9.17, 15) is 4.79 Å². The number of nitrogens with zero attached hydrogens (tertiary/aromatic N) is 3. The van der Waals surface area contributed by atoms with Crippen LogP contribution < -0.4 is 10.1 Å². The van der Waals surface area contributed by atoms with Gasteiger partial charge in [0.1, 0.15) is 0 Å². The van der Waals surface area contributed by atoms with E-state index in [0.717, 1.165) is 38.3 Å². The number of hydrogen-bond acceptors (Lipinski definition) is 4. The first-order valence-electron chi connectivity index (χ1n) is 9.04. The third-order valence-electron chi connectivity index (χ3n) is 5.04. The predicted molar refractivity (Wildman–Crippen MR) is 102 cm³/mol. The van der Waals surface area contributed by atoms with Crippen molar-refractivity contribution in [3.05, 3.63) is 42.2 Å². The zero-order chi connectivity index (χ0) is 17.2. The Morgan fingerprint density at radius 2 is 1.92 bits per heavy atom. The van der Waals surface area contributed by atoms with Crippen LogP contribution >= 0.6 is 12.4 Å². The Morgan fingerprint density at radius 3 is 2.58 bits per heavy atom. The van der Waals surface area contributed by atoms with Gasteiger partial charge in [0, 0.05) is 26.2 Å². The molecule has 2 aromatic rings. The highest BCUT2D eigenvalue weighted by Crippen LogP contribution is 2.29. The minimum atomic E-state index is -0.0183. The lowest BCUT2D eigenvalue weighted by Crippen LogP contribution is -2.32. The molecule has 2 atom stereocenters. The summed E-state index contributed by atoms with van der Waals surface area (Å²) in [6.45, 7) is 6.26. The number of likely N-dealkylation sites (tertiary alicyclic amines) is 1. The maximum atomic E-state index is 13.1. The largest absolute Gasteiger partial charge is 0.489 e. The zero-order valence-corrected chi connectivity index (χ0v) is 15.7. The molecule has 0 spiro atoms. The minimum absolute atomic E-state index is 0. The molecule has 0 aliphatic carbocycles. The number of carbonyl (C=O) groups excluding carboxylic acids is 1. The number of fused-ring (bicyclic) bond motifs is 1. The average molecular weight is 377 g/mol. The Hall–Kier alpha value is -2.05. The predicted octanol–water partition coefficient (Wildman–Crippen LogP) is 2.37. The van der Waals surface area contributed by atoms with Gasteiger partial charge in [-0.3, -0.25) is 4.79 Å². The number of halogens is 1. The Labute approximate surface area is 159 Å². The molecule has 4 rings (SSSR count). The molecule has 1 N–H and O–H groups in total. The Bertz CT molecular complexity index is 737. The maximum absolute atomic E-state index is 13.1. The van der Waals surface area contributed by atoms with E-state index in [1.807, 2.05) is 41.4 Å². The van der Waals surface area contributed by atoms with E-state index in [2.05, 4.69) is 17.3 Å². The van der Waals surface area contributed by atoms with Gasteiger partial charge in [0.2, 0.25) is 0 Å². The summed E-state index contributed by atoms with van der Waals surface area (Å²) in [4.78, 5) is 15.0. The van der Waals surface area contributed by atoms with Crippen molar-refractivity contribution in [2.45, 2.75) is 13.3 Å². The third-order valence-corrected chi connectivity index (χ3v) is 5.04. The van der Waals surface area contributed by atoms with Gasteiger partial charge in [-0.1, -0.05) is 25.1 Å². The van der Waals surface area contributed by atoms with Crippen molar-refractivity contribution in [3.63, 3.8) is 0 Å². The van der Waals surface area contributed by atoms with Gasteiger partial charge in [-0.05, 0) is 30.4 Å². The average Bonchev–Trinajstić information content (AvgIpc) is 3.34. The molecule has 2 aliphatic rings. The molecule has 1 aromatic heterocycles. The van der Waals surface area contributed by atoms with Crippen molar-refractivity contribution in [2.75, 3.05) is 32.8 Å². The highest BCUT2D eigenvalue weighted by molar-refractivity contribution is 5.95. The summed E-state index contributed by atoms with van der Waals surface area (Å²) in [7, 11) is 0. The van der Waals surface area contributed by atoms with Gasteiger partial charge in [-0.15, -0.1) is 12.4 Å². The van der Waals surface area contributed by atoms with E-state index in [-0.39, 0.29) is 18.3 Å². The molecule has 2 aliphatic heterocycles. The van der Waals surface area contributed by atoms with Crippen molar-refractivity contribution >= 4 is 18.3 Å². The molecule has 0 bridgehead atoms. The molecule has 26 heavy (non-hydrogen) atoms. The molecule has 7 heteroatoms. The summed E-state index contributed by atoms with van der Waals surface area (Å²) >= 11 is 0. The lowest BCUT2D eigenvalue weighted by atomic mass is 10.0. The number of ether oxygens (including phenoxy) is 1. The number of amides is 1. The van der Waals surface area contributed by atoms with Crippen LogP contribution in [0.4, 0.5) is 0 Å². The van der Waals surface area contributed by atoms with Gasteiger partial charge < -0.3 is 15.0 Å². The molecule has 0 radical (unpaired) electrons. The van der Waals surface area contributed by atoms with Crippen molar-refractivity contribution in [1.82, 2.24) is 20.0 Å². The van der Waals surface area contributed by atoms with Crippen LogP contribution in [0.2, 0.25) is 0 Å². The molecule has 6 nitrogen and oxygen atoms in total. The van der Waals surface area contributed by atoms with Crippen molar-refractivity contribution in [3.8, 4) is 11.4 Å². The lowest BCUT2D eigenvalue weighted by molar-refractivity contribution is 0.0771. The van der Waals surface area contributed by atoms with E-state index >= 15 is 0 Å². The van der Waals surface area contributed by atoms with E-state index in [1.165, 1.54) is 0 Å². The van der Waals surface area contributed by atoms with Gasteiger partial charge in [0.05, 0.1) is 18.5 Å². The highest BCUT2D eigenvalue weighted by Gasteiger charge is 2.39. The topological polar surface area (TPSA) is 59.4 Å². The van der Waals surface area contributed by atoms with Gasteiger partial charge in [0.15, 0.2) is 11.4 Å². The molecule has 2 saturated heterocycles. The molecular formula is C19H25ClN4O2. The monoisotopic (exact) mass is 376 g/mol. The van der Waals surface area contributed by atoms with Crippen LogP contribution in [-0.4, -0.2) is 53.4 Å². The number of para-hydroxylation sites is 1. The summed E-state index contributed by atoms with van der Waals surface area (Å²) in [5, 5.41) is 7.96. The van der Waals surface area contributed by atoms with Crippen LogP contribution in [0, 0.1) is 11.8 Å². The first-order valence-corrected chi connectivity index (χ1v) is 9.04. The van der Waals surface area contributed by atoms with Gasteiger partial charge in [0.25, 0.3) is 5.91 Å². The summed E-state index contributed by atoms with van der Waals surface area (Å²) in [5.41, 5.74) is 1.34. The minimum Gasteiger partial charge on any atom is -0.489 e. The molecule has 0 saturated carbocycles. The summed E-state index contributed by atoms with van der Waals surface area (Å²) in [5.74, 6) is 1.70. The smallest absolute Gasteiger partial charge is 0.278 e. The van der Waals surface area contributed by atoms with E-state index in [1.54, 1.807) is 4.68 Å². The molecular weight excluding hydrogens is 352 g/mol. The van der Waals surface area contributed by atoms with Gasteiger partial charge in [-0.25, -0.2) is 4.68 Å². The van der Waals surface area contributed by atoms with Crippen LogP contribution in [0.15, 0.2) is 36.5 Å². The van der Waals surface area contributed by atoms with Crippen LogP contribution in [0.5, 0.6) is 5.75 Å². The highest BCUT2D eigenvalue weighted by atomic mass is 35.5. The Balaban J connectivity index is 0.00000196. The van der Waals surface area contributed by atoms with Crippen molar-refractivity contribution in [1.29, 1.82) is 0 Å². The standard InChI is InChI=1S/C19H24N4O2.ClH/c1-2-8-25-17-13-23(16-6-4-3-5-7-16)21-18(17)19(24)22-11-14-9-20-10-15(14)12-22;/h3-7,13-15,20H,2,8-12H2,1H3;1H/t14-,15+;. The number of nitrogens with one attached hydrogen (secondary N) is 1. The van der Waals surface area contributed by atoms with E-state index < -0.39 is 0 Å². The molecule has 3 heterocycles. The number of hydrogen-bond donors (Lipinski definition) is 1. The van der Waals surface area contributed by atoms with Crippen molar-refractivity contribution in [2.24, 2.45) is 11.8 Å². The fourth-order valence-electron chi connectivity index (χ4n) is 3.71. The van der Waals surface area contributed by atoms with Gasteiger partial charge in [-0.2, -0.15) is 5.10 Å². The number of rotatable bonds is 5. The van der Waals surface area contributed by atoms with E-state index in [0.29, 0.717) is 29.9 Å². The first kappa shape index (κ1) is 18.7. The molecule has 0 unspecified atom stereocenters.